The van der Waals surface area contributed by atoms with Gasteiger partial charge in [0, 0.05) is 24.6 Å². The van der Waals surface area contributed by atoms with Gasteiger partial charge in [-0.3, -0.25) is 4.79 Å². The molecule has 5 nitrogen and oxygen atoms in total. The van der Waals surface area contributed by atoms with Crippen LogP contribution in [0.25, 0.3) is 11.1 Å². The van der Waals surface area contributed by atoms with Gasteiger partial charge in [0.15, 0.2) is 0 Å². The Hall–Kier alpha value is -1.66. The molecule has 0 unspecified atom stereocenters. The second-order valence-electron chi connectivity index (χ2n) is 4.32. The first kappa shape index (κ1) is 14.7. The first-order valence-corrected chi connectivity index (χ1v) is 6.98. The van der Waals surface area contributed by atoms with Crippen molar-refractivity contribution in [2.75, 3.05) is 13.7 Å². The molecular weight excluding hydrogens is 324 g/mol. The summed E-state index contributed by atoms with van der Waals surface area (Å²) >= 11 is 3.34. The first-order chi connectivity index (χ1) is 9.61. The van der Waals surface area contributed by atoms with Gasteiger partial charge in [0.1, 0.15) is 11.4 Å². The van der Waals surface area contributed by atoms with E-state index in [1.165, 1.54) is 0 Å². The molecule has 1 aromatic heterocycles. The first-order valence-electron chi connectivity index (χ1n) is 6.19. The Morgan fingerprint density at radius 1 is 1.45 bits per heavy atom. The average molecular weight is 339 g/mol. The molecular formula is C14H15BrN2O3. The van der Waals surface area contributed by atoms with Crippen LogP contribution >= 0.6 is 15.9 Å². The molecule has 0 saturated heterocycles. The minimum Gasteiger partial charge on any atom is -0.493 e. The van der Waals surface area contributed by atoms with Gasteiger partial charge in [-0.15, -0.1) is 0 Å². The van der Waals surface area contributed by atoms with Crippen molar-refractivity contribution in [1.82, 2.24) is 9.97 Å². The number of H-pyrrole nitrogens is 1. The van der Waals surface area contributed by atoms with E-state index in [1.54, 1.807) is 25.3 Å². The Morgan fingerprint density at radius 3 is 2.90 bits per heavy atom. The van der Waals surface area contributed by atoms with Gasteiger partial charge in [-0.2, -0.15) is 4.98 Å². The van der Waals surface area contributed by atoms with E-state index in [0.717, 1.165) is 10.9 Å². The summed E-state index contributed by atoms with van der Waals surface area (Å²) in [6.45, 7) is 0.581. The van der Waals surface area contributed by atoms with Gasteiger partial charge >= 0.3 is 0 Å². The summed E-state index contributed by atoms with van der Waals surface area (Å²) in [5.74, 6) is 0.211. The summed E-state index contributed by atoms with van der Waals surface area (Å²) in [5.41, 5.74) is 0.457. The monoisotopic (exact) mass is 338 g/mol. The molecule has 106 valence electrons. The maximum absolute atomic E-state index is 12.1. The van der Waals surface area contributed by atoms with Crippen molar-refractivity contribution in [3.05, 3.63) is 44.9 Å². The predicted octanol–water partition coefficient (Wildman–Crippen LogP) is 2.48. The van der Waals surface area contributed by atoms with Crippen LogP contribution in [0, 0.1) is 0 Å². The Morgan fingerprint density at radius 2 is 2.25 bits per heavy atom. The molecule has 0 saturated carbocycles. The molecule has 0 atom stereocenters. The van der Waals surface area contributed by atoms with Crippen molar-refractivity contribution in [2.45, 2.75) is 12.8 Å². The molecule has 1 heterocycles. The predicted molar refractivity (Wildman–Crippen MR) is 79.9 cm³/mol. The number of aromatic hydroxyl groups is 1. The van der Waals surface area contributed by atoms with Crippen LogP contribution in [0.4, 0.5) is 0 Å². The van der Waals surface area contributed by atoms with Crippen LogP contribution in [-0.4, -0.2) is 28.8 Å². The zero-order chi connectivity index (χ0) is 14.5. The van der Waals surface area contributed by atoms with E-state index in [-0.39, 0.29) is 17.0 Å². The van der Waals surface area contributed by atoms with Crippen LogP contribution in [0.2, 0.25) is 0 Å². The maximum Gasteiger partial charge on any atom is 0.262 e. The van der Waals surface area contributed by atoms with Gasteiger partial charge in [0.25, 0.3) is 5.56 Å². The molecule has 0 amide bonds. The normalized spacial score (nSPS) is 10.7. The summed E-state index contributed by atoms with van der Waals surface area (Å²) in [5, 5.41) is 10.00. The Kier molecular flexibility index (Phi) is 4.92. The van der Waals surface area contributed by atoms with Crippen molar-refractivity contribution < 1.29 is 9.84 Å². The summed E-state index contributed by atoms with van der Waals surface area (Å²) < 4.78 is 5.77. The van der Waals surface area contributed by atoms with Crippen LogP contribution in [0.3, 0.4) is 0 Å². The highest BCUT2D eigenvalue weighted by Gasteiger charge is 2.13. The average Bonchev–Trinajstić information content (AvgIpc) is 2.38. The highest BCUT2D eigenvalue weighted by Crippen LogP contribution is 2.25. The molecule has 0 spiro atoms. The minimum absolute atomic E-state index is 0.182. The SMILES string of the molecule is COCCCc1nc(O)c(-c2cccc(Br)c2)c(=O)[nH]1. The topological polar surface area (TPSA) is 75.2 Å². The summed E-state index contributed by atoms with van der Waals surface area (Å²) in [7, 11) is 1.62. The number of benzene rings is 1. The lowest BCUT2D eigenvalue weighted by Crippen LogP contribution is -2.14. The number of nitrogens with one attached hydrogen (secondary N) is 1. The minimum atomic E-state index is -0.344. The molecule has 20 heavy (non-hydrogen) atoms. The van der Waals surface area contributed by atoms with Gasteiger partial charge in [0.2, 0.25) is 5.88 Å². The number of aromatic amines is 1. The van der Waals surface area contributed by atoms with Crippen LogP contribution in [0.15, 0.2) is 33.5 Å². The van der Waals surface area contributed by atoms with Gasteiger partial charge in [-0.25, -0.2) is 0 Å². The number of hydrogen-bond acceptors (Lipinski definition) is 4. The molecule has 0 bridgehead atoms. The molecule has 1 aromatic carbocycles. The summed E-state index contributed by atoms with van der Waals surface area (Å²) in [6.07, 6.45) is 1.28. The van der Waals surface area contributed by atoms with E-state index >= 15 is 0 Å². The van der Waals surface area contributed by atoms with Crippen molar-refractivity contribution >= 4 is 15.9 Å². The lowest BCUT2D eigenvalue weighted by Gasteiger charge is -2.06. The Bertz CT molecular complexity index is 655. The molecule has 0 aliphatic rings. The number of hydrogen-bond donors (Lipinski definition) is 2. The number of halogens is 1. The number of aryl methyl sites for hydroxylation is 1. The van der Waals surface area contributed by atoms with Gasteiger partial charge in [0.05, 0.1) is 0 Å². The smallest absolute Gasteiger partial charge is 0.262 e. The lowest BCUT2D eigenvalue weighted by molar-refractivity contribution is 0.194. The highest BCUT2D eigenvalue weighted by molar-refractivity contribution is 9.10. The van der Waals surface area contributed by atoms with Crippen LogP contribution < -0.4 is 5.56 Å². The maximum atomic E-state index is 12.1. The second-order valence-corrected chi connectivity index (χ2v) is 5.23. The highest BCUT2D eigenvalue weighted by atomic mass is 79.9. The fourth-order valence-electron chi connectivity index (χ4n) is 1.91. The molecule has 2 aromatic rings. The second kappa shape index (κ2) is 6.67. The fraction of sp³-hybridized carbons (Fsp3) is 0.286. The fourth-order valence-corrected chi connectivity index (χ4v) is 2.31. The van der Waals surface area contributed by atoms with E-state index in [2.05, 4.69) is 25.9 Å². The summed E-state index contributed by atoms with van der Waals surface area (Å²) in [4.78, 5) is 18.8. The summed E-state index contributed by atoms with van der Waals surface area (Å²) in [6, 6.07) is 7.16. The van der Waals surface area contributed by atoms with Gasteiger partial charge in [-0.05, 0) is 24.1 Å². The van der Waals surface area contributed by atoms with Crippen molar-refractivity contribution in [3.63, 3.8) is 0 Å². The third-order valence-corrected chi connectivity index (χ3v) is 3.32. The van der Waals surface area contributed by atoms with Crippen molar-refractivity contribution in [3.8, 4) is 17.0 Å². The third-order valence-electron chi connectivity index (χ3n) is 2.82. The molecule has 6 heteroatoms. The van der Waals surface area contributed by atoms with Gasteiger partial charge in [-0.1, -0.05) is 28.1 Å². The molecule has 0 radical (unpaired) electrons. The third kappa shape index (κ3) is 3.46. The quantitative estimate of drug-likeness (QED) is 0.821. The molecule has 2 rings (SSSR count). The standard InChI is InChI=1S/C14H15BrN2O3/c1-20-7-3-6-11-16-13(18)12(14(19)17-11)9-4-2-5-10(15)8-9/h2,4-5,8H,3,6-7H2,1H3,(H2,16,17,18,19). The lowest BCUT2D eigenvalue weighted by atomic mass is 10.1. The number of nitrogens with zero attached hydrogens (tertiary/aromatic N) is 1. The number of aromatic nitrogens is 2. The van der Waals surface area contributed by atoms with Crippen LogP contribution in [0.5, 0.6) is 5.88 Å². The van der Waals surface area contributed by atoms with Crippen LogP contribution in [-0.2, 0) is 11.2 Å². The van der Waals surface area contributed by atoms with Crippen LogP contribution in [0.1, 0.15) is 12.2 Å². The van der Waals surface area contributed by atoms with Gasteiger partial charge < -0.3 is 14.8 Å². The van der Waals surface area contributed by atoms with E-state index in [9.17, 15) is 9.90 Å². The molecule has 0 fully saturated rings. The zero-order valence-corrected chi connectivity index (χ0v) is 12.6. The largest absolute Gasteiger partial charge is 0.493 e. The zero-order valence-electron chi connectivity index (χ0n) is 11.0. The van der Waals surface area contributed by atoms with E-state index < -0.39 is 0 Å². The molecule has 2 N–H and O–H groups in total. The van der Waals surface area contributed by atoms with Crippen molar-refractivity contribution in [1.29, 1.82) is 0 Å². The van der Waals surface area contributed by atoms with E-state index in [0.29, 0.717) is 24.4 Å². The molecule has 0 aliphatic heterocycles. The van der Waals surface area contributed by atoms with E-state index in [4.69, 9.17) is 4.74 Å². The Labute approximate surface area is 124 Å². The Balaban J connectivity index is 2.34. The number of rotatable bonds is 5. The van der Waals surface area contributed by atoms with E-state index in [1.807, 2.05) is 6.07 Å². The number of ether oxygens (including phenoxy) is 1. The molecule has 0 aliphatic carbocycles. The number of methoxy groups -OCH3 is 1. The van der Waals surface area contributed by atoms with Crippen molar-refractivity contribution in [2.24, 2.45) is 0 Å².